The van der Waals surface area contributed by atoms with Crippen molar-refractivity contribution in [2.24, 2.45) is 0 Å². The zero-order valence-corrected chi connectivity index (χ0v) is 10.3. The van der Waals surface area contributed by atoms with E-state index in [0.717, 1.165) is 4.90 Å². The highest BCUT2D eigenvalue weighted by Crippen LogP contribution is 2.22. The zero-order chi connectivity index (χ0) is 13.9. The van der Waals surface area contributed by atoms with Crippen LogP contribution < -0.4 is 0 Å². The van der Waals surface area contributed by atoms with Gasteiger partial charge in [-0.1, -0.05) is 0 Å². The highest BCUT2D eigenvalue weighted by atomic mass is 16.6. The highest BCUT2D eigenvalue weighted by molar-refractivity contribution is 5.82. The number of hydrogen-bond donors (Lipinski definition) is 1. The minimum Gasteiger partial charge on any atom is -0.467 e. The third-order valence-corrected chi connectivity index (χ3v) is 2.35. The number of rotatable bonds is 1. The maximum Gasteiger partial charge on any atom is 0.411 e. The van der Waals surface area contributed by atoms with E-state index in [1.807, 2.05) is 0 Å². The van der Waals surface area contributed by atoms with Crippen LogP contribution in [-0.2, 0) is 14.3 Å². The number of carbonyl (C=O) groups is 2. The first kappa shape index (κ1) is 12.2. The van der Waals surface area contributed by atoms with Gasteiger partial charge in [0.25, 0.3) is 0 Å². The lowest BCUT2D eigenvalue weighted by molar-refractivity contribution is -0.145. The molecule has 0 bridgehead atoms. The van der Waals surface area contributed by atoms with E-state index in [4.69, 9.17) is 6.11 Å². The Labute approximate surface area is 102 Å². The summed E-state index contributed by atoms with van der Waals surface area (Å²) in [5.74, 6) is -0.577. The Hall–Kier alpha value is -1.30. The number of nitrogens with zero attached hydrogens (tertiary/aromatic N) is 1. The van der Waals surface area contributed by atoms with Crippen molar-refractivity contribution in [3.05, 3.63) is 0 Å². The van der Waals surface area contributed by atoms with Crippen molar-refractivity contribution in [3.8, 4) is 0 Å². The summed E-state index contributed by atoms with van der Waals surface area (Å²) in [4.78, 5) is 24.5. The fourth-order valence-electron chi connectivity index (χ4n) is 1.67. The van der Waals surface area contributed by atoms with E-state index in [1.165, 1.54) is 7.11 Å². The molecule has 1 fully saturated rings. The van der Waals surface area contributed by atoms with Gasteiger partial charge in [-0.05, 0) is 20.7 Å². The number of aliphatic hydroxyl groups is 1. The summed E-state index contributed by atoms with van der Waals surface area (Å²) in [5.41, 5.74) is -0.925. The third kappa shape index (κ3) is 3.59. The second-order valence-corrected chi connectivity index (χ2v) is 4.71. The van der Waals surface area contributed by atoms with Gasteiger partial charge in [-0.25, -0.2) is 9.59 Å². The van der Waals surface area contributed by atoms with E-state index in [9.17, 15) is 14.7 Å². The molecular formula is C11H19NO5. The number of methoxy groups -OCH3 is 1. The van der Waals surface area contributed by atoms with Gasteiger partial charge in [0.2, 0.25) is 0 Å². The second-order valence-electron chi connectivity index (χ2n) is 4.71. The van der Waals surface area contributed by atoms with E-state index >= 15 is 0 Å². The first-order valence-corrected chi connectivity index (χ1v) is 5.35. The molecular weight excluding hydrogens is 226 g/mol. The minimum absolute atomic E-state index is 0.0344. The highest BCUT2D eigenvalue weighted by Gasteiger charge is 2.41. The molecule has 1 rings (SSSR count). The predicted octanol–water partition coefficient (Wildman–Crippen LogP) is 0.530. The first-order valence-electron chi connectivity index (χ1n) is 6.06. The molecule has 1 aliphatic rings. The van der Waals surface area contributed by atoms with Crippen LogP contribution in [0.2, 0.25) is 0 Å². The van der Waals surface area contributed by atoms with Crippen LogP contribution >= 0.6 is 0 Å². The molecule has 0 aromatic carbocycles. The van der Waals surface area contributed by atoms with Gasteiger partial charge in [-0.3, -0.25) is 4.90 Å². The summed E-state index contributed by atoms with van der Waals surface area (Å²) >= 11 is 0. The Morgan fingerprint density at radius 2 is 2.18 bits per heavy atom. The number of likely N-dealkylation sites (tertiary alicyclic amines) is 1. The maximum absolute atomic E-state index is 11.9. The topological polar surface area (TPSA) is 76.1 Å². The van der Waals surface area contributed by atoms with E-state index in [0.29, 0.717) is 0 Å². The number of hydrogen-bond acceptors (Lipinski definition) is 5. The standard InChI is InChI=1S/C11H19NO5/c1-11(2,3)17-10(15)12-6-7(13)5-8(12)9(14)16-4/h7-8,13H,5-6H2,1-4H3/t7-,8-/m0/s1/i1D. The molecule has 0 radical (unpaired) electrons. The summed E-state index contributed by atoms with van der Waals surface area (Å²) in [5, 5.41) is 9.52. The molecule has 1 N–H and O–H groups in total. The molecule has 1 saturated heterocycles. The normalized spacial score (nSPS) is 25.4. The quantitative estimate of drug-likeness (QED) is 0.683. The SMILES string of the molecule is [2H]CC(C)(C)OC(=O)N1C[C@@H](O)C[C@H]1C(=O)OC. The zero-order valence-electron chi connectivity index (χ0n) is 11.3. The van der Waals surface area contributed by atoms with Gasteiger partial charge >= 0.3 is 12.1 Å². The summed E-state index contributed by atoms with van der Waals surface area (Å²) in [7, 11) is 1.23. The van der Waals surface area contributed by atoms with E-state index in [2.05, 4.69) is 4.74 Å². The van der Waals surface area contributed by atoms with Crippen LogP contribution in [0.4, 0.5) is 4.79 Å². The molecule has 1 amide bonds. The maximum atomic E-state index is 11.9. The van der Waals surface area contributed by atoms with E-state index in [-0.39, 0.29) is 19.9 Å². The number of β-amino-alcohol motifs (C(OH)–C–C–N with tert-alkyl or cyclic N) is 1. The molecule has 2 atom stereocenters. The lowest BCUT2D eigenvalue weighted by Crippen LogP contribution is -2.43. The Balaban J connectivity index is 2.74. The van der Waals surface area contributed by atoms with Crippen molar-refractivity contribution in [2.75, 3.05) is 13.7 Å². The molecule has 17 heavy (non-hydrogen) atoms. The van der Waals surface area contributed by atoms with Crippen molar-refractivity contribution in [1.29, 1.82) is 0 Å². The monoisotopic (exact) mass is 246 g/mol. The second kappa shape index (κ2) is 4.91. The Morgan fingerprint density at radius 1 is 1.53 bits per heavy atom. The van der Waals surface area contributed by atoms with Gasteiger partial charge in [0.15, 0.2) is 0 Å². The van der Waals surface area contributed by atoms with Crippen LogP contribution in [0.25, 0.3) is 0 Å². The third-order valence-electron chi connectivity index (χ3n) is 2.35. The molecule has 1 heterocycles. The number of carbonyl (C=O) groups excluding carboxylic acids is 2. The van der Waals surface area contributed by atoms with E-state index < -0.39 is 29.8 Å². The Bertz CT molecular complexity index is 333. The van der Waals surface area contributed by atoms with Crippen LogP contribution in [0.15, 0.2) is 0 Å². The number of aliphatic hydroxyl groups excluding tert-OH is 1. The fraction of sp³-hybridized carbons (Fsp3) is 0.818. The van der Waals surface area contributed by atoms with E-state index in [1.54, 1.807) is 13.8 Å². The van der Waals surface area contributed by atoms with Gasteiger partial charge in [-0.15, -0.1) is 0 Å². The molecule has 0 aliphatic carbocycles. The molecule has 6 nitrogen and oxygen atoms in total. The summed E-state index contributed by atoms with van der Waals surface area (Å²) < 4.78 is 17.0. The molecule has 0 saturated carbocycles. The lowest BCUT2D eigenvalue weighted by atomic mass is 10.2. The molecule has 0 unspecified atom stereocenters. The van der Waals surface area contributed by atoms with Crippen LogP contribution in [0.1, 0.15) is 28.5 Å². The largest absolute Gasteiger partial charge is 0.467 e. The summed E-state index contributed by atoms with van der Waals surface area (Å²) in [6.45, 7) is 3.17. The van der Waals surface area contributed by atoms with Gasteiger partial charge < -0.3 is 14.6 Å². The summed E-state index contributed by atoms with van der Waals surface area (Å²) in [6, 6.07) is -0.820. The minimum atomic E-state index is -0.925. The average Bonchev–Trinajstić information content (AvgIpc) is 2.70. The molecule has 0 aromatic rings. The molecule has 6 heteroatoms. The first-order chi connectivity index (χ1) is 8.30. The van der Waals surface area contributed by atoms with Gasteiger partial charge in [-0.2, -0.15) is 0 Å². The molecule has 0 spiro atoms. The number of ether oxygens (including phenoxy) is 2. The number of amides is 1. The van der Waals surface area contributed by atoms with Crippen molar-refractivity contribution in [2.45, 2.75) is 44.9 Å². The van der Waals surface area contributed by atoms with Crippen LogP contribution in [-0.4, -0.2) is 53.5 Å². The Kier molecular flexibility index (Phi) is 3.51. The van der Waals surface area contributed by atoms with Crippen LogP contribution in [0.5, 0.6) is 0 Å². The number of esters is 1. The van der Waals surface area contributed by atoms with Gasteiger partial charge in [0.1, 0.15) is 11.6 Å². The molecule has 0 aromatic heterocycles. The van der Waals surface area contributed by atoms with Crippen LogP contribution in [0.3, 0.4) is 0 Å². The molecule has 98 valence electrons. The van der Waals surface area contributed by atoms with Crippen molar-refractivity contribution < 1.29 is 25.5 Å². The van der Waals surface area contributed by atoms with Crippen LogP contribution in [0, 0.1) is 0 Å². The smallest absolute Gasteiger partial charge is 0.411 e. The van der Waals surface area contributed by atoms with Crippen molar-refractivity contribution in [3.63, 3.8) is 0 Å². The summed E-state index contributed by atoms with van der Waals surface area (Å²) in [6.07, 6.45) is -1.33. The Morgan fingerprint density at radius 3 is 2.71 bits per heavy atom. The predicted molar refractivity (Wildman–Crippen MR) is 59.4 cm³/mol. The van der Waals surface area contributed by atoms with Gasteiger partial charge in [0, 0.05) is 7.79 Å². The van der Waals surface area contributed by atoms with Crippen molar-refractivity contribution >= 4 is 12.1 Å². The average molecular weight is 246 g/mol. The van der Waals surface area contributed by atoms with Gasteiger partial charge in [0.05, 0.1) is 19.8 Å². The fourth-order valence-corrected chi connectivity index (χ4v) is 1.67. The molecule has 1 aliphatic heterocycles. The van der Waals surface area contributed by atoms with Crippen molar-refractivity contribution in [1.82, 2.24) is 4.90 Å². The lowest BCUT2D eigenvalue weighted by Gasteiger charge is -2.27.